The van der Waals surface area contributed by atoms with Gasteiger partial charge in [0.1, 0.15) is 6.54 Å². The summed E-state index contributed by atoms with van der Waals surface area (Å²) in [6, 6.07) is 14.8. The Morgan fingerprint density at radius 1 is 1.00 bits per heavy atom. The van der Waals surface area contributed by atoms with Crippen LogP contribution in [0.4, 0.5) is 0 Å². The molecule has 0 saturated carbocycles. The Labute approximate surface area is 122 Å². The third kappa shape index (κ3) is 4.90. The fraction of sp³-hybridized carbons (Fsp3) is 0.316. The summed E-state index contributed by atoms with van der Waals surface area (Å²) >= 11 is 0. The summed E-state index contributed by atoms with van der Waals surface area (Å²) in [4.78, 5) is 0. The normalized spacial score (nSPS) is 9.85. The lowest BCUT2D eigenvalue weighted by Gasteiger charge is -1.97. The monoisotopic (exact) mass is 264 g/mol. The Kier molecular flexibility index (Phi) is 5.86. The maximum absolute atomic E-state index is 3.26. The van der Waals surface area contributed by atoms with Gasteiger partial charge in [0.15, 0.2) is 12.4 Å². The molecule has 0 spiro atoms. The van der Waals surface area contributed by atoms with Gasteiger partial charge in [-0.2, -0.15) is 0 Å². The molecule has 2 aromatic rings. The van der Waals surface area contributed by atoms with Gasteiger partial charge in [0, 0.05) is 30.5 Å². The van der Waals surface area contributed by atoms with Crippen LogP contribution in [0.15, 0.2) is 54.9 Å². The minimum Gasteiger partial charge on any atom is -0.205 e. The summed E-state index contributed by atoms with van der Waals surface area (Å²) in [6.45, 7) is 3.24. The number of nitrogens with zero attached hydrogens (tertiary/aromatic N) is 1. The fourth-order valence-corrected chi connectivity index (χ4v) is 2.14. The summed E-state index contributed by atoms with van der Waals surface area (Å²) < 4.78 is 2.20. The molecule has 102 valence electrons. The predicted octanol–water partition coefficient (Wildman–Crippen LogP) is 3.76. The molecule has 1 heteroatoms. The van der Waals surface area contributed by atoms with Crippen molar-refractivity contribution in [3.63, 3.8) is 0 Å². The fourth-order valence-electron chi connectivity index (χ4n) is 2.14. The molecule has 0 aliphatic heterocycles. The summed E-state index contributed by atoms with van der Waals surface area (Å²) in [5.74, 6) is 6.50. The van der Waals surface area contributed by atoms with E-state index in [1.807, 2.05) is 6.07 Å². The molecule has 1 aromatic heterocycles. The van der Waals surface area contributed by atoms with Crippen molar-refractivity contribution in [1.82, 2.24) is 0 Å². The topological polar surface area (TPSA) is 3.88 Å². The van der Waals surface area contributed by atoms with E-state index in [2.05, 4.69) is 72.1 Å². The second-order valence-corrected chi connectivity index (χ2v) is 4.97. The maximum atomic E-state index is 3.26. The van der Waals surface area contributed by atoms with E-state index in [4.69, 9.17) is 0 Å². The van der Waals surface area contributed by atoms with E-state index in [1.54, 1.807) is 0 Å². The predicted molar refractivity (Wildman–Crippen MR) is 83.2 cm³/mol. The third-order valence-electron chi connectivity index (χ3n) is 3.22. The van der Waals surface area contributed by atoms with Gasteiger partial charge in [-0.1, -0.05) is 43.4 Å². The van der Waals surface area contributed by atoms with E-state index in [1.165, 1.54) is 12.0 Å². The number of rotatable bonds is 5. The Balaban J connectivity index is 1.76. The minimum atomic E-state index is 0.943. The molecule has 0 unspecified atom stereocenters. The quantitative estimate of drug-likeness (QED) is 0.440. The van der Waals surface area contributed by atoms with Crippen molar-refractivity contribution in [3.05, 3.63) is 66.0 Å². The van der Waals surface area contributed by atoms with E-state index in [-0.39, 0.29) is 0 Å². The standard InChI is InChI=1S/C19H22N/c1-2-9-18-11-13-19(14-12-18)10-5-3-6-15-20-16-7-4-8-17-20/h4,7-8,11-14,16-17H,2-3,6,9,15H2,1H3/q+1. The van der Waals surface area contributed by atoms with E-state index in [0.717, 1.165) is 31.4 Å². The number of pyridine rings is 1. The second-order valence-electron chi connectivity index (χ2n) is 4.97. The van der Waals surface area contributed by atoms with E-state index < -0.39 is 0 Å². The molecule has 0 bridgehead atoms. The molecule has 0 atom stereocenters. The Morgan fingerprint density at radius 3 is 2.45 bits per heavy atom. The van der Waals surface area contributed by atoms with Gasteiger partial charge in [-0.3, -0.25) is 0 Å². The van der Waals surface area contributed by atoms with E-state index >= 15 is 0 Å². The Morgan fingerprint density at radius 2 is 1.75 bits per heavy atom. The van der Waals surface area contributed by atoms with Crippen molar-refractivity contribution in [2.75, 3.05) is 0 Å². The maximum Gasteiger partial charge on any atom is 0.168 e. The van der Waals surface area contributed by atoms with Gasteiger partial charge in [-0.05, 0) is 24.1 Å². The molecular weight excluding hydrogens is 242 g/mol. The number of aryl methyl sites for hydroxylation is 2. The van der Waals surface area contributed by atoms with Crippen LogP contribution in [0.25, 0.3) is 0 Å². The minimum absolute atomic E-state index is 0.943. The SMILES string of the molecule is CCCc1ccc(C#CCCC[n+]2ccccc2)cc1. The van der Waals surface area contributed by atoms with Crippen molar-refractivity contribution < 1.29 is 4.57 Å². The number of benzene rings is 1. The molecule has 0 aliphatic rings. The van der Waals surface area contributed by atoms with Crippen molar-refractivity contribution in [2.45, 2.75) is 39.2 Å². The zero-order valence-electron chi connectivity index (χ0n) is 12.2. The highest BCUT2D eigenvalue weighted by Crippen LogP contribution is 2.05. The highest BCUT2D eigenvalue weighted by atomic mass is 14.9. The third-order valence-corrected chi connectivity index (χ3v) is 3.22. The highest BCUT2D eigenvalue weighted by molar-refractivity contribution is 5.36. The molecule has 2 rings (SSSR count). The lowest BCUT2D eigenvalue weighted by Crippen LogP contribution is -2.31. The van der Waals surface area contributed by atoms with Gasteiger partial charge in [-0.25, -0.2) is 4.57 Å². The second kappa shape index (κ2) is 8.17. The molecule has 20 heavy (non-hydrogen) atoms. The van der Waals surface area contributed by atoms with Crippen LogP contribution in [0.3, 0.4) is 0 Å². The first-order valence-corrected chi connectivity index (χ1v) is 7.40. The largest absolute Gasteiger partial charge is 0.205 e. The molecule has 0 aliphatic carbocycles. The average molecular weight is 264 g/mol. The first kappa shape index (κ1) is 14.3. The molecule has 0 radical (unpaired) electrons. The van der Waals surface area contributed by atoms with Crippen molar-refractivity contribution in [2.24, 2.45) is 0 Å². The molecule has 0 saturated heterocycles. The summed E-state index contributed by atoms with van der Waals surface area (Å²) in [7, 11) is 0. The van der Waals surface area contributed by atoms with Crippen molar-refractivity contribution in [3.8, 4) is 11.8 Å². The molecule has 0 fully saturated rings. The number of aromatic nitrogens is 1. The molecule has 1 aromatic carbocycles. The average Bonchev–Trinajstić information content (AvgIpc) is 2.50. The summed E-state index contributed by atoms with van der Waals surface area (Å²) in [5, 5.41) is 0. The Hall–Kier alpha value is -2.07. The number of unbranched alkanes of at least 4 members (excludes halogenated alkanes) is 1. The van der Waals surface area contributed by atoms with Gasteiger partial charge in [-0.15, -0.1) is 0 Å². The zero-order chi connectivity index (χ0) is 14.0. The van der Waals surface area contributed by atoms with E-state index in [9.17, 15) is 0 Å². The van der Waals surface area contributed by atoms with Gasteiger partial charge < -0.3 is 0 Å². The molecular formula is C19H22N+. The lowest BCUT2D eigenvalue weighted by molar-refractivity contribution is -0.697. The molecule has 1 nitrogen and oxygen atoms in total. The van der Waals surface area contributed by atoms with Crippen LogP contribution in [-0.4, -0.2) is 0 Å². The van der Waals surface area contributed by atoms with Gasteiger partial charge >= 0.3 is 0 Å². The van der Waals surface area contributed by atoms with Crippen LogP contribution in [0, 0.1) is 11.8 Å². The summed E-state index contributed by atoms with van der Waals surface area (Å²) in [5.41, 5.74) is 2.52. The van der Waals surface area contributed by atoms with E-state index in [0.29, 0.717) is 0 Å². The van der Waals surface area contributed by atoms with Crippen LogP contribution >= 0.6 is 0 Å². The van der Waals surface area contributed by atoms with Crippen LogP contribution < -0.4 is 4.57 Å². The zero-order valence-corrected chi connectivity index (χ0v) is 12.2. The van der Waals surface area contributed by atoms with Gasteiger partial charge in [0.25, 0.3) is 0 Å². The molecule has 0 amide bonds. The first-order valence-electron chi connectivity index (χ1n) is 7.40. The van der Waals surface area contributed by atoms with Gasteiger partial charge in [0.2, 0.25) is 0 Å². The molecule has 0 N–H and O–H groups in total. The smallest absolute Gasteiger partial charge is 0.168 e. The highest BCUT2D eigenvalue weighted by Gasteiger charge is 1.95. The number of hydrogen-bond donors (Lipinski definition) is 0. The van der Waals surface area contributed by atoms with Crippen LogP contribution in [-0.2, 0) is 13.0 Å². The van der Waals surface area contributed by atoms with Crippen LogP contribution in [0.2, 0.25) is 0 Å². The lowest BCUT2D eigenvalue weighted by atomic mass is 10.1. The summed E-state index contributed by atoms with van der Waals surface area (Å²) in [6.07, 6.45) is 8.58. The number of hydrogen-bond acceptors (Lipinski definition) is 0. The Bertz CT molecular complexity index is 558. The van der Waals surface area contributed by atoms with Crippen LogP contribution in [0.1, 0.15) is 37.3 Å². The van der Waals surface area contributed by atoms with Crippen molar-refractivity contribution in [1.29, 1.82) is 0 Å². The first-order chi connectivity index (χ1) is 9.88. The van der Waals surface area contributed by atoms with Gasteiger partial charge in [0.05, 0.1) is 0 Å². The van der Waals surface area contributed by atoms with Crippen LogP contribution in [0.5, 0.6) is 0 Å². The molecule has 1 heterocycles. The van der Waals surface area contributed by atoms with Crippen molar-refractivity contribution >= 4 is 0 Å².